The Balaban J connectivity index is 1.89. The maximum atomic E-state index is 13.2. The Morgan fingerprint density at radius 2 is 1.55 bits per heavy atom. The summed E-state index contributed by atoms with van der Waals surface area (Å²) >= 11 is 0. The summed E-state index contributed by atoms with van der Waals surface area (Å²) in [5.74, 6) is 1.13. The number of likely N-dealkylation sites (tertiary alicyclic amines) is 2. The van der Waals surface area contributed by atoms with E-state index in [0.717, 1.165) is 58.0 Å². The summed E-state index contributed by atoms with van der Waals surface area (Å²) in [6.07, 6.45) is 5.81. The number of amides is 3. The molecule has 1 unspecified atom stereocenters. The second-order valence-corrected chi connectivity index (χ2v) is 10.0. The fourth-order valence-electron chi connectivity index (χ4n) is 4.51. The van der Waals surface area contributed by atoms with Crippen LogP contribution in [0.15, 0.2) is 0 Å². The third-order valence-electron chi connectivity index (χ3n) is 6.48. The van der Waals surface area contributed by atoms with Crippen LogP contribution < -0.4 is 5.32 Å². The van der Waals surface area contributed by atoms with Crippen molar-refractivity contribution in [2.75, 3.05) is 26.2 Å². The standard InChI is InChI=1S/C23H41N3O5/c1-5-17-9-13-25(14-10-17)20(27)19(24-21(28)31-23(2,3)4)8-6-7-18-11-15-26(16-12-18)22(29)30/h17-19H,5-16H2,1-4H3,(H,24,28)(H,29,30). The Hall–Kier alpha value is -1.99. The molecule has 0 spiro atoms. The van der Waals surface area contributed by atoms with Crippen LogP contribution in [0.4, 0.5) is 9.59 Å². The van der Waals surface area contributed by atoms with Crippen molar-refractivity contribution in [2.24, 2.45) is 11.8 Å². The number of rotatable bonds is 7. The van der Waals surface area contributed by atoms with E-state index in [1.807, 2.05) is 25.7 Å². The van der Waals surface area contributed by atoms with Crippen molar-refractivity contribution >= 4 is 18.1 Å². The van der Waals surface area contributed by atoms with E-state index >= 15 is 0 Å². The van der Waals surface area contributed by atoms with Gasteiger partial charge in [0.25, 0.3) is 0 Å². The SMILES string of the molecule is CCC1CCN(C(=O)C(CCCC2CCN(C(=O)O)CC2)NC(=O)OC(C)(C)C)CC1. The van der Waals surface area contributed by atoms with E-state index in [2.05, 4.69) is 12.2 Å². The predicted octanol–water partition coefficient (Wildman–Crippen LogP) is 4.09. The van der Waals surface area contributed by atoms with Gasteiger partial charge in [0.15, 0.2) is 0 Å². The van der Waals surface area contributed by atoms with E-state index in [1.165, 1.54) is 4.90 Å². The highest BCUT2D eigenvalue weighted by Crippen LogP contribution is 2.24. The van der Waals surface area contributed by atoms with Crippen molar-refractivity contribution in [3.05, 3.63) is 0 Å². The first-order valence-electron chi connectivity index (χ1n) is 11.8. The lowest BCUT2D eigenvalue weighted by atomic mass is 9.90. The zero-order chi connectivity index (χ0) is 23.0. The van der Waals surface area contributed by atoms with Crippen LogP contribution in [-0.2, 0) is 9.53 Å². The Bertz CT molecular complexity index is 603. The lowest BCUT2D eigenvalue weighted by Gasteiger charge is -2.34. The highest BCUT2D eigenvalue weighted by atomic mass is 16.6. The third-order valence-corrected chi connectivity index (χ3v) is 6.48. The molecule has 1 atom stereocenters. The minimum absolute atomic E-state index is 0.0129. The first kappa shape index (κ1) is 25.3. The minimum Gasteiger partial charge on any atom is -0.465 e. The smallest absolute Gasteiger partial charge is 0.408 e. The molecule has 0 radical (unpaired) electrons. The van der Waals surface area contributed by atoms with Gasteiger partial charge in [-0.2, -0.15) is 0 Å². The molecule has 2 saturated heterocycles. The first-order valence-corrected chi connectivity index (χ1v) is 11.8. The van der Waals surface area contributed by atoms with Crippen LogP contribution in [0.5, 0.6) is 0 Å². The largest absolute Gasteiger partial charge is 0.465 e. The number of ether oxygens (including phenoxy) is 1. The van der Waals surface area contributed by atoms with Crippen LogP contribution in [-0.4, -0.2) is 70.8 Å². The van der Waals surface area contributed by atoms with Crippen molar-refractivity contribution in [1.82, 2.24) is 15.1 Å². The van der Waals surface area contributed by atoms with Gasteiger partial charge >= 0.3 is 12.2 Å². The summed E-state index contributed by atoms with van der Waals surface area (Å²) in [5, 5.41) is 11.9. The fourth-order valence-corrected chi connectivity index (χ4v) is 4.51. The summed E-state index contributed by atoms with van der Waals surface area (Å²) < 4.78 is 5.39. The number of hydrogen-bond acceptors (Lipinski definition) is 4. The van der Waals surface area contributed by atoms with Crippen LogP contribution in [0.1, 0.15) is 79.1 Å². The minimum atomic E-state index is -0.850. The van der Waals surface area contributed by atoms with Crippen molar-refractivity contribution in [1.29, 1.82) is 0 Å². The molecule has 2 N–H and O–H groups in total. The molecule has 2 aliphatic heterocycles. The number of carbonyl (C=O) groups is 3. The molecule has 2 aliphatic rings. The number of hydrogen-bond donors (Lipinski definition) is 2. The van der Waals surface area contributed by atoms with Crippen molar-refractivity contribution in [3.8, 4) is 0 Å². The number of carbonyl (C=O) groups excluding carboxylic acids is 2. The molecule has 3 amide bonds. The van der Waals surface area contributed by atoms with Gasteiger partial charge in [0.2, 0.25) is 5.91 Å². The summed E-state index contributed by atoms with van der Waals surface area (Å²) in [5.41, 5.74) is -0.616. The Morgan fingerprint density at radius 1 is 1.00 bits per heavy atom. The van der Waals surface area contributed by atoms with Crippen LogP contribution in [0, 0.1) is 11.8 Å². The third kappa shape index (κ3) is 8.57. The summed E-state index contributed by atoms with van der Waals surface area (Å²) in [6, 6.07) is -0.577. The van der Waals surface area contributed by atoms with Gasteiger partial charge in [-0.25, -0.2) is 9.59 Å². The van der Waals surface area contributed by atoms with Gasteiger partial charge in [-0.15, -0.1) is 0 Å². The average Bonchev–Trinajstić information content (AvgIpc) is 2.71. The van der Waals surface area contributed by atoms with E-state index in [4.69, 9.17) is 9.84 Å². The van der Waals surface area contributed by atoms with Gasteiger partial charge < -0.3 is 25.0 Å². The van der Waals surface area contributed by atoms with Crippen LogP contribution >= 0.6 is 0 Å². The van der Waals surface area contributed by atoms with Crippen molar-refractivity contribution in [2.45, 2.75) is 90.7 Å². The van der Waals surface area contributed by atoms with E-state index < -0.39 is 23.8 Å². The predicted molar refractivity (Wildman–Crippen MR) is 119 cm³/mol. The van der Waals surface area contributed by atoms with Crippen LogP contribution in [0.3, 0.4) is 0 Å². The topological polar surface area (TPSA) is 99.2 Å². The zero-order valence-corrected chi connectivity index (χ0v) is 19.7. The molecule has 2 heterocycles. The molecule has 0 aliphatic carbocycles. The van der Waals surface area contributed by atoms with Gasteiger partial charge in [0.1, 0.15) is 11.6 Å². The molecule has 31 heavy (non-hydrogen) atoms. The molecule has 0 bridgehead atoms. The average molecular weight is 440 g/mol. The molecular formula is C23H41N3O5. The Morgan fingerprint density at radius 3 is 2.06 bits per heavy atom. The van der Waals surface area contributed by atoms with Gasteiger partial charge in [-0.3, -0.25) is 4.79 Å². The van der Waals surface area contributed by atoms with Gasteiger partial charge in [-0.1, -0.05) is 26.2 Å². The Kier molecular flexibility index (Phi) is 9.44. The zero-order valence-electron chi connectivity index (χ0n) is 19.7. The number of alkyl carbamates (subject to hydrolysis) is 1. The summed E-state index contributed by atoms with van der Waals surface area (Å²) in [7, 11) is 0. The molecule has 0 aromatic carbocycles. The molecule has 178 valence electrons. The molecule has 2 rings (SSSR count). The maximum absolute atomic E-state index is 13.2. The van der Waals surface area contributed by atoms with E-state index in [9.17, 15) is 14.4 Å². The highest BCUT2D eigenvalue weighted by Gasteiger charge is 2.30. The lowest BCUT2D eigenvalue weighted by molar-refractivity contribution is -0.135. The monoisotopic (exact) mass is 439 g/mol. The number of carboxylic acid groups (broad SMARTS) is 1. The molecule has 0 aromatic rings. The van der Waals surface area contributed by atoms with Gasteiger partial charge in [0, 0.05) is 26.2 Å². The fraction of sp³-hybridized carbons (Fsp3) is 0.870. The molecule has 8 nitrogen and oxygen atoms in total. The molecule has 0 aromatic heterocycles. The molecule has 8 heteroatoms. The molecule has 2 fully saturated rings. The van der Waals surface area contributed by atoms with Gasteiger partial charge in [0.05, 0.1) is 0 Å². The van der Waals surface area contributed by atoms with E-state index in [0.29, 0.717) is 31.3 Å². The number of nitrogens with one attached hydrogen (secondary N) is 1. The summed E-state index contributed by atoms with van der Waals surface area (Å²) in [6.45, 7) is 10.3. The number of nitrogens with zero attached hydrogens (tertiary/aromatic N) is 2. The van der Waals surface area contributed by atoms with E-state index in [-0.39, 0.29) is 5.91 Å². The Labute approximate surface area is 186 Å². The molecule has 0 saturated carbocycles. The maximum Gasteiger partial charge on any atom is 0.408 e. The van der Waals surface area contributed by atoms with Gasteiger partial charge in [-0.05, 0) is 64.7 Å². The van der Waals surface area contributed by atoms with Crippen molar-refractivity contribution < 1.29 is 24.2 Å². The summed E-state index contributed by atoms with van der Waals surface area (Å²) in [4.78, 5) is 39.9. The lowest BCUT2D eigenvalue weighted by Crippen LogP contribution is -2.51. The van der Waals surface area contributed by atoms with Crippen molar-refractivity contribution in [3.63, 3.8) is 0 Å². The highest BCUT2D eigenvalue weighted by molar-refractivity contribution is 5.85. The normalized spacial score (nSPS) is 19.7. The van der Waals surface area contributed by atoms with Crippen LogP contribution in [0.2, 0.25) is 0 Å². The second kappa shape index (κ2) is 11.6. The van der Waals surface area contributed by atoms with E-state index in [1.54, 1.807) is 0 Å². The second-order valence-electron chi connectivity index (χ2n) is 10.0. The number of piperidine rings is 2. The van der Waals surface area contributed by atoms with Crippen LogP contribution in [0.25, 0.3) is 0 Å². The molecular weight excluding hydrogens is 398 g/mol. The quantitative estimate of drug-likeness (QED) is 0.622. The first-order chi connectivity index (χ1) is 14.6.